The van der Waals surface area contributed by atoms with Crippen molar-refractivity contribution in [3.8, 4) is 5.95 Å². The Bertz CT molecular complexity index is 1440. The maximum atomic E-state index is 13.3. The topological polar surface area (TPSA) is 108 Å². The molecule has 0 amide bonds. The zero-order valence-corrected chi connectivity index (χ0v) is 18.4. The molecule has 2 aliphatic rings. The first-order chi connectivity index (χ1) is 16.2. The zero-order valence-electron chi connectivity index (χ0n) is 18.4. The Morgan fingerprint density at radius 3 is 2.52 bits per heavy atom. The highest BCUT2D eigenvalue weighted by Crippen LogP contribution is 2.30. The molecule has 0 bridgehead atoms. The van der Waals surface area contributed by atoms with Crippen LogP contribution in [0.3, 0.4) is 0 Å². The van der Waals surface area contributed by atoms with Gasteiger partial charge in [-0.1, -0.05) is 19.3 Å². The van der Waals surface area contributed by atoms with Crippen LogP contribution in [0.1, 0.15) is 56.7 Å². The Kier molecular flexibility index (Phi) is 5.05. The van der Waals surface area contributed by atoms with Crippen molar-refractivity contribution >= 4 is 21.8 Å². The molecule has 1 aliphatic heterocycles. The number of hydrogen-bond acceptors (Lipinski definition) is 6. The molecule has 0 unspecified atom stereocenters. The van der Waals surface area contributed by atoms with Gasteiger partial charge < -0.3 is 9.30 Å². The van der Waals surface area contributed by atoms with Crippen molar-refractivity contribution in [3.05, 3.63) is 57.1 Å². The van der Waals surface area contributed by atoms with Crippen LogP contribution in [-0.4, -0.2) is 42.0 Å². The smallest absolute Gasteiger partial charge is 0.267 e. The van der Waals surface area contributed by atoms with Crippen LogP contribution >= 0.6 is 0 Å². The first kappa shape index (κ1) is 20.3. The minimum Gasteiger partial charge on any atom is -0.376 e. The Labute approximate surface area is 189 Å². The highest BCUT2D eigenvalue weighted by Gasteiger charge is 2.21. The second-order valence-electron chi connectivity index (χ2n) is 9.11. The lowest BCUT2D eigenvalue weighted by atomic mass is 9.89. The second-order valence-corrected chi connectivity index (χ2v) is 9.11. The van der Waals surface area contributed by atoms with E-state index in [1.807, 2.05) is 6.07 Å². The highest BCUT2D eigenvalue weighted by molar-refractivity contribution is 5.91. The van der Waals surface area contributed by atoms with Crippen molar-refractivity contribution in [2.24, 2.45) is 0 Å². The van der Waals surface area contributed by atoms with E-state index in [9.17, 15) is 9.59 Å². The van der Waals surface area contributed by atoms with Crippen molar-refractivity contribution in [2.75, 3.05) is 6.61 Å². The predicted octanol–water partition coefficient (Wildman–Crippen LogP) is 3.05. The number of aromatic nitrogens is 6. The van der Waals surface area contributed by atoms with E-state index < -0.39 is 0 Å². The molecule has 1 saturated carbocycles. The summed E-state index contributed by atoms with van der Waals surface area (Å²) in [7, 11) is 0. The summed E-state index contributed by atoms with van der Waals surface area (Å²) in [6, 6.07) is 5.24. The van der Waals surface area contributed by atoms with E-state index in [4.69, 9.17) is 4.74 Å². The second kappa shape index (κ2) is 8.22. The summed E-state index contributed by atoms with van der Waals surface area (Å²) in [6.45, 7) is 1.25. The molecule has 4 aromatic rings. The van der Waals surface area contributed by atoms with Gasteiger partial charge in [-0.25, -0.2) is 9.55 Å². The average molecular weight is 447 g/mol. The summed E-state index contributed by atoms with van der Waals surface area (Å²) in [6.07, 6.45) is 11.3. The van der Waals surface area contributed by atoms with Gasteiger partial charge in [-0.2, -0.15) is 4.98 Å². The number of aromatic amines is 1. The predicted molar refractivity (Wildman–Crippen MR) is 124 cm³/mol. The fraction of sp³-hybridized carbons (Fsp3) is 0.458. The van der Waals surface area contributed by atoms with Gasteiger partial charge in [-0.05, 0) is 43.9 Å². The lowest BCUT2D eigenvalue weighted by molar-refractivity contribution is 0.0963. The zero-order chi connectivity index (χ0) is 22.4. The number of ether oxygens (including phenoxy) is 1. The fourth-order valence-corrected chi connectivity index (χ4v) is 5.11. The molecular formula is C24H26N6O3. The normalized spacial score (nSPS) is 19.6. The summed E-state index contributed by atoms with van der Waals surface area (Å²) < 4.78 is 8.75. The number of fused-ring (bicyclic) bond motifs is 2. The van der Waals surface area contributed by atoms with Crippen LogP contribution < -0.4 is 11.1 Å². The van der Waals surface area contributed by atoms with Crippen molar-refractivity contribution in [2.45, 2.75) is 63.5 Å². The van der Waals surface area contributed by atoms with Crippen molar-refractivity contribution in [1.29, 1.82) is 0 Å². The Balaban J connectivity index is 1.41. The SMILES string of the molecule is O=c1c2cc3c(=O)n(-c4n[nH]c(C5CCCCC5)n4)ccc3nc2ccn1C[C@@H]1CCCO1. The van der Waals surface area contributed by atoms with E-state index in [2.05, 4.69) is 20.2 Å². The third-order valence-electron chi connectivity index (χ3n) is 6.94. The first-order valence-electron chi connectivity index (χ1n) is 11.8. The summed E-state index contributed by atoms with van der Waals surface area (Å²) in [5.74, 6) is 1.53. The number of nitrogens with zero attached hydrogens (tertiary/aromatic N) is 5. The van der Waals surface area contributed by atoms with Crippen molar-refractivity contribution in [3.63, 3.8) is 0 Å². The van der Waals surface area contributed by atoms with E-state index in [0.29, 0.717) is 40.2 Å². The number of pyridine rings is 3. The first-order valence-corrected chi connectivity index (χ1v) is 11.8. The van der Waals surface area contributed by atoms with Gasteiger partial charge in [0, 0.05) is 24.9 Å². The molecule has 33 heavy (non-hydrogen) atoms. The molecule has 0 spiro atoms. The Morgan fingerprint density at radius 1 is 0.939 bits per heavy atom. The van der Waals surface area contributed by atoms with Crippen LogP contribution in [-0.2, 0) is 11.3 Å². The fourth-order valence-electron chi connectivity index (χ4n) is 5.11. The lowest BCUT2D eigenvalue weighted by Gasteiger charge is -2.18. The van der Waals surface area contributed by atoms with Crippen LogP contribution in [0.4, 0.5) is 0 Å². The molecule has 5 heterocycles. The summed E-state index contributed by atoms with van der Waals surface area (Å²) in [5, 5.41) is 8.14. The summed E-state index contributed by atoms with van der Waals surface area (Å²) in [4.78, 5) is 35.7. The van der Waals surface area contributed by atoms with Crippen molar-refractivity contribution < 1.29 is 4.74 Å². The van der Waals surface area contributed by atoms with E-state index in [1.165, 1.54) is 23.8 Å². The molecule has 0 radical (unpaired) electrons. The standard InChI is InChI=1S/C24H26N6O3/c31-22-17-13-18-20(25-19(17)8-10-29(22)14-16-7-4-12-33-16)9-11-30(23(18)32)24-26-21(27-28-24)15-5-2-1-3-6-15/h8-11,13,15-16H,1-7,12,14H2,(H,26,27,28)/t16-/m0/s1. The third kappa shape index (κ3) is 3.66. The highest BCUT2D eigenvalue weighted by atomic mass is 16.5. The van der Waals surface area contributed by atoms with Gasteiger partial charge in [0.25, 0.3) is 17.1 Å². The number of nitrogens with one attached hydrogen (secondary N) is 1. The van der Waals surface area contributed by atoms with Gasteiger partial charge in [-0.15, -0.1) is 5.10 Å². The maximum Gasteiger partial charge on any atom is 0.267 e. The molecule has 9 heteroatoms. The molecule has 1 N–H and O–H groups in total. The Hall–Kier alpha value is -3.33. The van der Waals surface area contributed by atoms with Crippen LogP contribution in [0.15, 0.2) is 40.2 Å². The maximum absolute atomic E-state index is 13.3. The molecule has 4 aromatic heterocycles. The van der Waals surface area contributed by atoms with Crippen molar-refractivity contribution in [1.82, 2.24) is 29.3 Å². The quantitative estimate of drug-likeness (QED) is 0.483. The van der Waals surface area contributed by atoms with Gasteiger partial charge in [0.1, 0.15) is 5.82 Å². The van der Waals surface area contributed by atoms with E-state index in [1.54, 1.807) is 29.1 Å². The molecule has 0 aromatic carbocycles. The number of rotatable bonds is 4. The van der Waals surface area contributed by atoms with Gasteiger partial charge in [-0.3, -0.25) is 14.7 Å². The lowest BCUT2D eigenvalue weighted by Crippen LogP contribution is -2.26. The van der Waals surface area contributed by atoms with E-state index in [0.717, 1.165) is 38.1 Å². The molecule has 1 aliphatic carbocycles. The summed E-state index contributed by atoms with van der Waals surface area (Å²) in [5.41, 5.74) is 0.670. The molecular weight excluding hydrogens is 420 g/mol. The van der Waals surface area contributed by atoms with Crippen LogP contribution in [0, 0.1) is 0 Å². The van der Waals surface area contributed by atoms with Crippen LogP contribution in [0.25, 0.3) is 27.8 Å². The number of hydrogen-bond donors (Lipinski definition) is 1. The third-order valence-corrected chi connectivity index (χ3v) is 6.94. The number of H-pyrrole nitrogens is 1. The van der Waals surface area contributed by atoms with E-state index in [-0.39, 0.29) is 17.2 Å². The molecule has 6 rings (SSSR count). The molecule has 9 nitrogen and oxygen atoms in total. The van der Waals surface area contributed by atoms with Gasteiger partial charge in [0.2, 0.25) is 0 Å². The van der Waals surface area contributed by atoms with Gasteiger partial charge in [0.15, 0.2) is 0 Å². The minimum atomic E-state index is -0.287. The average Bonchev–Trinajstić information content (AvgIpc) is 3.54. The largest absolute Gasteiger partial charge is 0.376 e. The molecule has 170 valence electrons. The van der Waals surface area contributed by atoms with Gasteiger partial charge >= 0.3 is 0 Å². The summed E-state index contributed by atoms with van der Waals surface area (Å²) >= 11 is 0. The van der Waals surface area contributed by atoms with Gasteiger partial charge in [0.05, 0.1) is 34.5 Å². The van der Waals surface area contributed by atoms with E-state index >= 15 is 0 Å². The Morgan fingerprint density at radius 2 is 1.73 bits per heavy atom. The molecule has 2 fully saturated rings. The van der Waals surface area contributed by atoms with Crippen LogP contribution in [0.5, 0.6) is 0 Å². The molecule has 1 atom stereocenters. The monoisotopic (exact) mass is 446 g/mol. The van der Waals surface area contributed by atoms with Crippen LogP contribution in [0.2, 0.25) is 0 Å². The molecule has 1 saturated heterocycles. The minimum absolute atomic E-state index is 0.0508.